The fourth-order valence-electron chi connectivity index (χ4n) is 10.4. The van der Waals surface area contributed by atoms with Crippen LogP contribution in [0.25, 0.3) is 72.0 Å². The first-order valence-electron chi connectivity index (χ1n) is 23.0. The third kappa shape index (κ3) is 6.44. The van der Waals surface area contributed by atoms with Crippen LogP contribution in [-0.4, -0.2) is 4.57 Å². The lowest BCUT2D eigenvalue weighted by atomic mass is 9.81. The molecule has 0 saturated heterocycles. The fraction of sp³-hybridized carbons (Fsp3) is 0.0476. The van der Waals surface area contributed by atoms with E-state index in [4.69, 9.17) is 9.47 Å². The standard InChI is InChI=1S/C63H44N2O2/c1-63(2)55-37-46(45-27-35-57-53(36-45)54-39-61-62(67-60-21-13-12-20-59(60)66-61)40-58(54)65(57)47-18-10-5-11-19-47)26-33-51(55)52-34-32-50(38-56(52)63)64(48-28-22-43(23-29-48)41-14-6-3-7-15-41)49-30-24-44(25-31-49)42-16-8-4-9-17-42/h3-40H,1-2H3. The Labute approximate surface area is 390 Å². The Morgan fingerprint density at radius 3 is 1.40 bits per heavy atom. The molecule has 10 aromatic carbocycles. The molecule has 1 aromatic heterocycles. The van der Waals surface area contributed by atoms with Crippen molar-refractivity contribution >= 4 is 38.9 Å². The van der Waals surface area contributed by atoms with E-state index in [1.54, 1.807) is 0 Å². The van der Waals surface area contributed by atoms with E-state index < -0.39 is 0 Å². The maximum absolute atomic E-state index is 6.45. The van der Waals surface area contributed by atoms with Gasteiger partial charge >= 0.3 is 0 Å². The van der Waals surface area contributed by atoms with Gasteiger partial charge in [0, 0.05) is 45.0 Å². The second-order valence-electron chi connectivity index (χ2n) is 18.1. The number of anilines is 3. The molecule has 11 aromatic rings. The van der Waals surface area contributed by atoms with Crippen molar-refractivity contribution in [2.24, 2.45) is 0 Å². The van der Waals surface area contributed by atoms with Gasteiger partial charge in [0.1, 0.15) is 0 Å². The Kier molecular flexibility index (Phi) is 8.84. The van der Waals surface area contributed by atoms with Gasteiger partial charge in [0.15, 0.2) is 23.0 Å². The van der Waals surface area contributed by atoms with Crippen LogP contribution in [0.3, 0.4) is 0 Å². The molecular formula is C63H44N2O2. The summed E-state index contributed by atoms with van der Waals surface area (Å²) in [6.07, 6.45) is 0. The molecule has 13 rings (SSSR count). The molecule has 67 heavy (non-hydrogen) atoms. The molecule has 0 spiro atoms. The van der Waals surface area contributed by atoms with Gasteiger partial charge in [-0.3, -0.25) is 0 Å². The van der Waals surface area contributed by atoms with E-state index in [9.17, 15) is 0 Å². The van der Waals surface area contributed by atoms with Crippen molar-refractivity contribution in [3.8, 4) is 73.2 Å². The average Bonchev–Trinajstić information content (AvgIpc) is 3.82. The van der Waals surface area contributed by atoms with Gasteiger partial charge in [-0.2, -0.15) is 0 Å². The minimum Gasteiger partial charge on any atom is -0.449 e. The molecule has 1 aliphatic carbocycles. The van der Waals surface area contributed by atoms with Crippen LogP contribution in [0.2, 0.25) is 0 Å². The van der Waals surface area contributed by atoms with Gasteiger partial charge in [-0.1, -0.05) is 153 Å². The zero-order chi connectivity index (χ0) is 44.6. The highest BCUT2D eigenvalue weighted by Crippen LogP contribution is 2.53. The number of hydrogen-bond donors (Lipinski definition) is 0. The minimum absolute atomic E-state index is 0.253. The molecule has 0 bridgehead atoms. The molecule has 0 N–H and O–H groups in total. The summed E-state index contributed by atoms with van der Waals surface area (Å²) in [7, 11) is 0. The molecular weight excluding hydrogens is 817 g/mol. The van der Waals surface area contributed by atoms with Gasteiger partial charge in [-0.15, -0.1) is 0 Å². The normalized spacial score (nSPS) is 13.0. The Balaban J connectivity index is 0.890. The van der Waals surface area contributed by atoms with Crippen LogP contribution in [0.4, 0.5) is 17.1 Å². The first-order valence-corrected chi connectivity index (χ1v) is 23.0. The molecule has 2 aliphatic rings. The van der Waals surface area contributed by atoms with E-state index in [0.717, 1.165) is 56.1 Å². The molecule has 0 saturated carbocycles. The van der Waals surface area contributed by atoms with E-state index in [2.05, 4.69) is 230 Å². The van der Waals surface area contributed by atoms with Gasteiger partial charge in [0.25, 0.3) is 0 Å². The van der Waals surface area contributed by atoms with Gasteiger partial charge in [0.2, 0.25) is 0 Å². The molecule has 0 amide bonds. The number of rotatable bonds is 7. The lowest BCUT2D eigenvalue weighted by Gasteiger charge is -2.28. The van der Waals surface area contributed by atoms with Crippen molar-refractivity contribution in [2.75, 3.05) is 4.90 Å². The molecule has 318 valence electrons. The first kappa shape index (κ1) is 38.8. The van der Waals surface area contributed by atoms with E-state index in [-0.39, 0.29) is 5.41 Å². The molecule has 0 atom stereocenters. The number of benzene rings is 10. The Morgan fingerprint density at radius 1 is 0.343 bits per heavy atom. The summed E-state index contributed by atoms with van der Waals surface area (Å²) in [5, 5.41) is 2.26. The SMILES string of the molecule is CC1(C)c2cc(-c3ccc4c(c3)c3cc5c(cc3n4-c3ccccc3)Oc3ccccc3O5)ccc2-c2ccc(N(c3ccc(-c4ccccc4)cc3)c3ccc(-c4ccccc4)cc3)cc21. The topological polar surface area (TPSA) is 26.6 Å². The monoisotopic (exact) mass is 860 g/mol. The molecule has 2 heterocycles. The Bertz CT molecular complexity index is 3600. The molecule has 4 nitrogen and oxygen atoms in total. The van der Waals surface area contributed by atoms with Crippen molar-refractivity contribution in [1.29, 1.82) is 0 Å². The summed E-state index contributed by atoms with van der Waals surface area (Å²) in [5.74, 6) is 2.86. The smallest absolute Gasteiger partial charge is 0.172 e. The highest BCUT2D eigenvalue weighted by Gasteiger charge is 2.36. The molecule has 1 aliphatic heterocycles. The predicted octanol–water partition coefficient (Wildman–Crippen LogP) is 17.5. The average molecular weight is 861 g/mol. The lowest BCUT2D eigenvalue weighted by molar-refractivity contribution is 0.360. The van der Waals surface area contributed by atoms with E-state index in [1.165, 1.54) is 55.6 Å². The molecule has 0 fully saturated rings. The van der Waals surface area contributed by atoms with Crippen LogP contribution in [-0.2, 0) is 5.41 Å². The van der Waals surface area contributed by atoms with Crippen molar-refractivity contribution in [1.82, 2.24) is 4.57 Å². The first-order chi connectivity index (χ1) is 32.9. The minimum atomic E-state index is -0.253. The summed E-state index contributed by atoms with van der Waals surface area (Å²) < 4.78 is 15.2. The number of aromatic nitrogens is 1. The second-order valence-corrected chi connectivity index (χ2v) is 18.1. The van der Waals surface area contributed by atoms with Crippen LogP contribution in [0.1, 0.15) is 25.0 Å². The molecule has 0 unspecified atom stereocenters. The largest absolute Gasteiger partial charge is 0.449 e. The zero-order valence-electron chi connectivity index (χ0n) is 37.2. The molecule has 4 heteroatoms. The van der Waals surface area contributed by atoms with Crippen LogP contribution >= 0.6 is 0 Å². The third-order valence-corrected chi connectivity index (χ3v) is 13.9. The highest BCUT2D eigenvalue weighted by atomic mass is 16.6. The Hall–Kier alpha value is -8.60. The zero-order valence-corrected chi connectivity index (χ0v) is 37.2. The quantitative estimate of drug-likeness (QED) is 0.160. The van der Waals surface area contributed by atoms with Gasteiger partial charge in [-0.25, -0.2) is 0 Å². The summed E-state index contributed by atoms with van der Waals surface area (Å²) >= 11 is 0. The number of nitrogens with zero attached hydrogens (tertiary/aromatic N) is 2. The second kappa shape index (κ2) is 15.3. The van der Waals surface area contributed by atoms with Crippen molar-refractivity contribution in [3.63, 3.8) is 0 Å². The summed E-state index contributed by atoms with van der Waals surface area (Å²) in [6.45, 7) is 4.75. The number of fused-ring (bicyclic) bond motifs is 8. The van der Waals surface area contributed by atoms with Crippen LogP contribution in [0, 0.1) is 0 Å². The highest BCUT2D eigenvalue weighted by molar-refractivity contribution is 6.11. The Morgan fingerprint density at radius 2 is 0.791 bits per heavy atom. The van der Waals surface area contributed by atoms with E-state index >= 15 is 0 Å². The maximum atomic E-state index is 6.45. The lowest BCUT2D eigenvalue weighted by Crippen LogP contribution is -2.16. The predicted molar refractivity (Wildman–Crippen MR) is 276 cm³/mol. The fourth-order valence-corrected chi connectivity index (χ4v) is 10.4. The van der Waals surface area contributed by atoms with Crippen LogP contribution < -0.4 is 14.4 Å². The maximum Gasteiger partial charge on any atom is 0.172 e. The summed E-state index contributed by atoms with van der Waals surface area (Å²) in [6, 6.07) is 82.7. The van der Waals surface area contributed by atoms with Crippen molar-refractivity contribution < 1.29 is 9.47 Å². The van der Waals surface area contributed by atoms with E-state index in [0.29, 0.717) is 11.5 Å². The number of hydrogen-bond acceptors (Lipinski definition) is 3. The van der Waals surface area contributed by atoms with Gasteiger partial charge in [0.05, 0.1) is 11.0 Å². The van der Waals surface area contributed by atoms with Crippen LogP contribution in [0.15, 0.2) is 231 Å². The van der Waals surface area contributed by atoms with Crippen molar-refractivity contribution in [2.45, 2.75) is 19.3 Å². The van der Waals surface area contributed by atoms with Crippen LogP contribution in [0.5, 0.6) is 23.0 Å². The number of ether oxygens (including phenoxy) is 2. The third-order valence-electron chi connectivity index (χ3n) is 13.9. The van der Waals surface area contributed by atoms with E-state index in [1.807, 2.05) is 24.3 Å². The van der Waals surface area contributed by atoms with Gasteiger partial charge in [-0.05, 0) is 141 Å². The number of para-hydroxylation sites is 3. The molecule has 0 radical (unpaired) electrons. The summed E-state index contributed by atoms with van der Waals surface area (Å²) in [5.41, 5.74) is 18.7. The van der Waals surface area contributed by atoms with Gasteiger partial charge < -0.3 is 18.9 Å². The summed E-state index contributed by atoms with van der Waals surface area (Å²) in [4.78, 5) is 2.39. The van der Waals surface area contributed by atoms with Crippen molar-refractivity contribution in [3.05, 3.63) is 242 Å².